The predicted molar refractivity (Wildman–Crippen MR) is 75.8 cm³/mol. The van der Waals surface area contributed by atoms with Crippen LogP contribution >= 0.6 is 0 Å². The van der Waals surface area contributed by atoms with E-state index in [1.807, 2.05) is 12.1 Å². The summed E-state index contributed by atoms with van der Waals surface area (Å²) >= 11 is 0. The zero-order valence-electron chi connectivity index (χ0n) is 11.1. The number of anilines is 1. The molecule has 104 valence electrons. The Kier molecular flexibility index (Phi) is 4.49. The van der Waals surface area contributed by atoms with Crippen molar-refractivity contribution in [2.45, 2.75) is 13.5 Å². The number of ether oxygens (including phenoxy) is 1. The fraction of sp³-hybridized carbons (Fsp3) is 0.214. The van der Waals surface area contributed by atoms with E-state index in [-0.39, 0.29) is 11.4 Å². The highest BCUT2D eigenvalue weighted by atomic mass is 16.6. The number of nitrogens with one attached hydrogen (secondary N) is 1. The van der Waals surface area contributed by atoms with Gasteiger partial charge in [0.2, 0.25) is 0 Å². The smallest absolute Gasteiger partial charge is 0.311 e. The van der Waals surface area contributed by atoms with Crippen LogP contribution in [0.15, 0.2) is 42.7 Å². The van der Waals surface area contributed by atoms with E-state index in [9.17, 15) is 10.1 Å². The Morgan fingerprint density at radius 1 is 1.30 bits per heavy atom. The van der Waals surface area contributed by atoms with E-state index in [4.69, 9.17) is 4.74 Å². The number of hydrogen-bond donors (Lipinski definition) is 1. The Labute approximate surface area is 116 Å². The molecule has 2 aromatic rings. The van der Waals surface area contributed by atoms with Crippen molar-refractivity contribution in [1.29, 1.82) is 0 Å². The van der Waals surface area contributed by atoms with Crippen LogP contribution in [-0.4, -0.2) is 16.5 Å². The monoisotopic (exact) mass is 273 g/mol. The summed E-state index contributed by atoms with van der Waals surface area (Å²) in [5, 5.41) is 14.1. The van der Waals surface area contributed by atoms with Crippen molar-refractivity contribution in [2.24, 2.45) is 0 Å². The third-order valence-electron chi connectivity index (χ3n) is 2.70. The Morgan fingerprint density at radius 2 is 2.05 bits per heavy atom. The summed E-state index contributed by atoms with van der Waals surface area (Å²) in [6, 6.07) is 8.56. The van der Waals surface area contributed by atoms with Gasteiger partial charge in [0.15, 0.2) is 5.75 Å². The summed E-state index contributed by atoms with van der Waals surface area (Å²) in [5.41, 5.74) is 1.83. The fourth-order valence-corrected chi connectivity index (χ4v) is 1.75. The molecule has 1 N–H and O–H groups in total. The third kappa shape index (κ3) is 3.44. The highest BCUT2D eigenvalue weighted by Crippen LogP contribution is 2.30. The normalized spacial score (nSPS) is 10.1. The third-order valence-corrected chi connectivity index (χ3v) is 2.70. The first kappa shape index (κ1) is 13.8. The number of rotatable bonds is 6. The van der Waals surface area contributed by atoms with Crippen LogP contribution in [0.1, 0.15) is 12.5 Å². The minimum absolute atomic E-state index is 0.0266. The molecular formula is C14H15N3O3. The number of benzene rings is 1. The maximum Gasteiger partial charge on any atom is 0.311 e. The van der Waals surface area contributed by atoms with Crippen LogP contribution in [0, 0.1) is 10.1 Å². The minimum atomic E-state index is -0.447. The first-order valence-corrected chi connectivity index (χ1v) is 6.24. The van der Waals surface area contributed by atoms with Gasteiger partial charge in [-0.05, 0) is 30.7 Å². The molecular weight excluding hydrogens is 258 g/mol. The molecule has 0 aliphatic rings. The van der Waals surface area contributed by atoms with Crippen LogP contribution in [0.25, 0.3) is 0 Å². The summed E-state index contributed by atoms with van der Waals surface area (Å²) in [6.07, 6.45) is 3.44. The van der Waals surface area contributed by atoms with Gasteiger partial charge in [-0.1, -0.05) is 0 Å². The van der Waals surface area contributed by atoms with Gasteiger partial charge in [-0.15, -0.1) is 0 Å². The lowest BCUT2D eigenvalue weighted by atomic mass is 10.2. The van der Waals surface area contributed by atoms with Crippen molar-refractivity contribution >= 4 is 11.4 Å². The van der Waals surface area contributed by atoms with Crippen molar-refractivity contribution < 1.29 is 9.66 Å². The van der Waals surface area contributed by atoms with Gasteiger partial charge in [-0.3, -0.25) is 15.1 Å². The van der Waals surface area contributed by atoms with Crippen molar-refractivity contribution in [3.8, 4) is 5.75 Å². The highest BCUT2D eigenvalue weighted by molar-refractivity contribution is 5.58. The van der Waals surface area contributed by atoms with Crippen LogP contribution in [0.2, 0.25) is 0 Å². The van der Waals surface area contributed by atoms with Gasteiger partial charge in [-0.2, -0.15) is 0 Å². The van der Waals surface area contributed by atoms with Crippen LogP contribution in [0.5, 0.6) is 5.75 Å². The summed E-state index contributed by atoms with van der Waals surface area (Å²) in [5.74, 6) is 0.275. The van der Waals surface area contributed by atoms with Crippen LogP contribution in [0.4, 0.5) is 11.4 Å². The minimum Gasteiger partial charge on any atom is -0.487 e. The summed E-state index contributed by atoms with van der Waals surface area (Å²) in [6.45, 7) is 2.79. The second kappa shape index (κ2) is 6.51. The second-order valence-electron chi connectivity index (χ2n) is 4.08. The van der Waals surface area contributed by atoms with Gasteiger partial charge in [0.1, 0.15) is 0 Å². The molecule has 1 aromatic carbocycles. The van der Waals surface area contributed by atoms with Crippen LogP contribution < -0.4 is 10.1 Å². The van der Waals surface area contributed by atoms with E-state index in [0.717, 1.165) is 11.3 Å². The Balaban J connectivity index is 2.12. The fourth-order valence-electron chi connectivity index (χ4n) is 1.75. The van der Waals surface area contributed by atoms with E-state index in [1.165, 1.54) is 6.07 Å². The van der Waals surface area contributed by atoms with Gasteiger partial charge < -0.3 is 10.1 Å². The SMILES string of the molecule is CCOc1cc(NCc2ccncc2)ccc1[N+](=O)[O-]. The summed E-state index contributed by atoms with van der Waals surface area (Å²) < 4.78 is 5.30. The topological polar surface area (TPSA) is 77.3 Å². The number of aromatic nitrogens is 1. The maximum atomic E-state index is 10.9. The number of nitro benzene ring substituents is 1. The van der Waals surface area contributed by atoms with E-state index in [2.05, 4.69) is 10.3 Å². The Morgan fingerprint density at radius 3 is 2.70 bits per heavy atom. The summed E-state index contributed by atoms with van der Waals surface area (Å²) in [4.78, 5) is 14.4. The predicted octanol–water partition coefficient (Wildman–Crippen LogP) is 3.00. The molecule has 0 radical (unpaired) electrons. The summed E-state index contributed by atoms with van der Waals surface area (Å²) in [7, 11) is 0. The lowest BCUT2D eigenvalue weighted by molar-refractivity contribution is -0.385. The van der Waals surface area contributed by atoms with Crippen LogP contribution in [0.3, 0.4) is 0 Å². The average Bonchev–Trinajstić information content (AvgIpc) is 2.46. The molecule has 0 saturated heterocycles. The van der Waals surface area contributed by atoms with E-state index in [0.29, 0.717) is 13.2 Å². The second-order valence-corrected chi connectivity index (χ2v) is 4.08. The van der Waals surface area contributed by atoms with Crippen molar-refractivity contribution in [3.63, 3.8) is 0 Å². The maximum absolute atomic E-state index is 10.9. The molecule has 2 rings (SSSR count). The number of pyridine rings is 1. The van der Waals surface area contributed by atoms with E-state index >= 15 is 0 Å². The molecule has 1 heterocycles. The molecule has 0 amide bonds. The Bertz CT molecular complexity index is 587. The van der Waals surface area contributed by atoms with Gasteiger partial charge in [0.05, 0.1) is 11.5 Å². The quantitative estimate of drug-likeness (QED) is 0.646. The van der Waals surface area contributed by atoms with Gasteiger partial charge in [0.25, 0.3) is 0 Å². The highest BCUT2D eigenvalue weighted by Gasteiger charge is 2.15. The first-order chi connectivity index (χ1) is 9.70. The number of nitro groups is 1. The van der Waals surface area contributed by atoms with E-state index in [1.54, 1.807) is 31.5 Å². The molecule has 0 fully saturated rings. The lowest BCUT2D eigenvalue weighted by Gasteiger charge is -2.09. The van der Waals surface area contributed by atoms with E-state index < -0.39 is 4.92 Å². The molecule has 20 heavy (non-hydrogen) atoms. The molecule has 0 atom stereocenters. The van der Waals surface area contributed by atoms with Gasteiger partial charge in [0, 0.05) is 36.8 Å². The standard InChI is InChI=1S/C14H15N3O3/c1-2-20-14-9-12(3-4-13(14)17(18)19)16-10-11-5-7-15-8-6-11/h3-9,16H,2,10H2,1H3. The van der Waals surface area contributed by atoms with Gasteiger partial charge in [-0.25, -0.2) is 0 Å². The van der Waals surface area contributed by atoms with Crippen molar-refractivity contribution in [3.05, 3.63) is 58.4 Å². The van der Waals surface area contributed by atoms with Crippen molar-refractivity contribution in [1.82, 2.24) is 4.98 Å². The molecule has 0 aliphatic heterocycles. The molecule has 1 aromatic heterocycles. The molecule has 0 aliphatic carbocycles. The van der Waals surface area contributed by atoms with Gasteiger partial charge >= 0.3 is 5.69 Å². The average molecular weight is 273 g/mol. The molecule has 0 spiro atoms. The van der Waals surface area contributed by atoms with Crippen LogP contribution in [-0.2, 0) is 6.54 Å². The number of hydrogen-bond acceptors (Lipinski definition) is 5. The molecule has 6 nitrogen and oxygen atoms in total. The molecule has 0 unspecified atom stereocenters. The van der Waals surface area contributed by atoms with Crippen molar-refractivity contribution in [2.75, 3.05) is 11.9 Å². The molecule has 0 saturated carbocycles. The number of nitrogens with zero attached hydrogens (tertiary/aromatic N) is 2. The lowest BCUT2D eigenvalue weighted by Crippen LogP contribution is -2.02. The molecule has 0 bridgehead atoms. The zero-order chi connectivity index (χ0) is 14.4. The first-order valence-electron chi connectivity index (χ1n) is 6.24. The zero-order valence-corrected chi connectivity index (χ0v) is 11.1. The molecule has 6 heteroatoms. The Hall–Kier alpha value is -2.63. The largest absolute Gasteiger partial charge is 0.487 e.